The van der Waals surface area contributed by atoms with Crippen LogP contribution in [0.1, 0.15) is 17.7 Å². The first-order valence-electron chi connectivity index (χ1n) is 24.4. The average molecular weight is 923 g/mol. The molecule has 6 heterocycles. The number of hydrogen-bond donors (Lipinski definition) is 0. The third-order valence-corrected chi connectivity index (χ3v) is 14.8. The minimum Gasteiger partial charge on any atom is -0.460 e. The third-order valence-electron chi connectivity index (χ3n) is 14.8. The second kappa shape index (κ2) is 14.9. The van der Waals surface area contributed by atoms with E-state index in [-0.39, 0.29) is 0 Å². The molecule has 0 atom stereocenters. The molecule has 0 spiro atoms. The van der Waals surface area contributed by atoms with Crippen LogP contribution in [0.2, 0.25) is 0 Å². The van der Waals surface area contributed by atoms with Crippen molar-refractivity contribution in [3.8, 4) is 50.8 Å². The zero-order valence-corrected chi connectivity index (χ0v) is 38.5. The van der Waals surface area contributed by atoms with Crippen molar-refractivity contribution >= 4 is 99.8 Å². The molecule has 0 saturated carbocycles. The Bertz CT molecular complexity index is 4570. The van der Waals surface area contributed by atoms with Gasteiger partial charge in [0.2, 0.25) is 5.95 Å². The van der Waals surface area contributed by atoms with Gasteiger partial charge in [-0.15, -0.1) is 0 Å². The molecule has 1 aliphatic carbocycles. The summed E-state index contributed by atoms with van der Waals surface area (Å²) in [5.74, 6) is 2.73. The van der Waals surface area contributed by atoms with Crippen LogP contribution in [0.5, 0.6) is 0 Å². The van der Waals surface area contributed by atoms with Crippen molar-refractivity contribution < 1.29 is 8.83 Å². The predicted octanol–water partition coefficient (Wildman–Crippen LogP) is 16.7. The highest BCUT2D eigenvalue weighted by molar-refractivity contribution is 6.26. The molecule has 9 aromatic carbocycles. The van der Waals surface area contributed by atoms with Crippen LogP contribution in [0.3, 0.4) is 0 Å². The van der Waals surface area contributed by atoms with E-state index in [1.807, 2.05) is 72.8 Å². The molecule has 72 heavy (non-hydrogen) atoms. The van der Waals surface area contributed by atoms with Crippen molar-refractivity contribution in [2.75, 3.05) is 4.90 Å². The summed E-state index contributed by atoms with van der Waals surface area (Å²) < 4.78 is 15.5. The van der Waals surface area contributed by atoms with Crippen molar-refractivity contribution in [3.63, 3.8) is 0 Å². The molecule has 0 bridgehead atoms. The lowest BCUT2D eigenvalue weighted by Crippen LogP contribution is -2.19. The summed E-state index contributed by atoms with van der Waals surface area (Å²) in [7, 11) is 0. The van der Waals surface area contributed by atoms with Gasteiger partial charge >= 0.3 is 0 Å². The van der Waals surface area contributed by atoms with Crippen molar-refractivity contribution in [1.29, 1.82) is 0 Å². The van der Waals surface area contributed by atoms with E-state index in [2.05, 4.69) is 143 Å². The molecule has 16 rings (SSSR count). The Morgan fingerprint density at radius 1 is 0.444 bits per heavy atom. The molecule has 0 fully saturated rings. The Hall–Kier alpha value is -9.66. The lowest BCUT2D eigenvalue weighted by molar-refractivity contribution is 0.549. The van der Waals surface area contributed by atoms with E-state index in [1.54, 1.807) is 0 Å². The molecule has 1 aliphatic heterocycles. The molecular weight excluding hydrogens is 885 g/mol. The van der Waals surface area contributed by atoms with Gasteiger partial charge in [-0.25, -0.2) is 9.97 Å². The van der Waals surface area contributed by atoms with Crippen molar-refractivity contribution in [2.24, 2.45) is 0 Å². The second-order valence-electron chi connectivity index (χ2n) is 18.8. The number of rotatable bonds is 5. The minimum atomic E-state index is 0.517. The maximum absolute atomic E-state index is 6.80. The van der Waals surface area contributed by atoms with Gasteiger partial charge in [-0.2, -0.15) is 9.97 Å². The van der Waals surface area contributed by atoms with Gasteiger partial charge < -0.3 is 13.4 Å². The van der Waals surface area contributed by atoms with Gasteiger partial charge in [-0.1, -0.05) is 140 Å². The lowest BCUT2D eigenvalue weighted by atomic mass is 9.90. The molecule has 5 aromatic heterocycles. The summed E-state index contributed by atoms with van der Waals surface area (Å²) >= 11 is 0. The van der Waals surface area contributed by atoms with Gasteiger partial charge in [0.25, 0.3) is 0 Å². The summed E-state index contributed by atoms with van der Waals surface area (Å²) in [5, 5.41) is 8.74. The van der Waals surface area contributed by atoms with Gasteiger partial charge in [0.15, 0.2) is 11.6 Å². The highest BCUT2D eigenvalue weighted by Crippen LogP contribution is 2.53. The largest absolute Gasteiger partial charge is 0.460 e. The van der Waals surface area contributed by atoms with Gasteiger partial charge in [-0.05, 0) is 89.7 Å². The number of hydrogen-bond acceptors (Lipinski definition) is 7. The molecule has 336 valence electrons. The first-order chi connectivity index (χ1) is 35.7. The van der Waals surface area contributed by atoms with Crippen LogP contribution in [0, 0.1) is 0 Å². The highest BCUT2D eigenvalue weighted by Gasteiger charge is 2.32. The fourth-order valence-electron chi connectivity index (χ4n) is 11.5. The quantitative estimate of drug-likeness (QED) is 0.159. The number of aryl methyl sites for hydroxylation is 1. The lowest BCUT2D eigenvalue weighted by Gasteiger charge is -2.32. The molecule has 8 nitrogen and oxygen atoms in total. The van der Waals surface area contributed by atoms with E-state index in [0.717, 1.165) is 146 Å². The molecule has 0 radical (unpaired) electrons. The van der Waals surface area contributed by atoms with Crippen LogP contribution in [0.15, 0.2) is 209 Å². The Morgan fingerprint density at radius 3 is 2.00 bits per heavy atom. The molecule has 8 heteroatoms. The minimum absolute atomic E-state index is 0.517. The van der Waals surface area contributed by atoms with E-state index < -0.39 is 0 Å². The molecule has 0 unspecified atom stereocenters. The monoisotopic (exact) mass is 922 g/mol. The van der Waals surface area contributed by atoms with Gasteiger partial charge in [0.1, 0.15) is 22.5 Å². The SMILES string of the molecule is C1=Cc2c(oc3c2ccc2nc4c5c(cccc5c23)N(c2nc(-c3ccccc3)nc(-c3ccccc3)n2)c2ccc(-c3ccc(-n5c6ccccc6c6cc7oc8ccccc8c7cc65)cc3)cc2-4)CC1. The van der Waals surface area contributed by atoms with E-state index in [4.69, 9.17) is 28.8 Å². The van der Waals surface area contributed by atoms with Crippen LogP contribution in [-0.4, -0.2) is 24.5 Å². The number of nitrogens with zero attached hydrogens (tertiary/aromatic N) is 6. The average Bonchev–Trinajstić information content (AvgIpc) is 4.12. The van der Waals surface area contributed by atoms with Crippen molar-refractivity contribution in [2.45, 2.75) is 12.8 Å². The third kappa shape index (κ3) is 5.68. The smallest absolute Gasteiger partial charge is 0.238 e. The standard InChI is InChI=1S/C64H38N6O2/c1-3-14-38(15-4-1)62-66-63(39-16-5-2-6-17-39)68-64(67-62)70-52-33-28-40(34-49(52)60-59-46(21-13-23-53(59)70)58-50(65-60)32-31-45-43-19-8-12-25-56(43)72-61(45)58)37-26-29-41(30-27-37)69-51-22-10-7-18-42(51)47-36-57-48(35-54(47)69)44-20-9-11-24-55(44)71-57/h1-11,13-24,26-36H,12,25H2. The number of pyridine rings is 1. The fourth-order valence-corrected chi connectivity index (χ4v) is 11.5. The number of para-hydroxylation sites is 2. The number of benzene rings is 9. The summed E-state index contributed by atoms with van der Waals surface area (Å²) in [6.07, 6.45) is 6.28. The first kappa shape index (κ1) is 39.2. The number of furan rings is 2. The normalized spacial score (nSPS) is 13.1. The molecule has 2 aliphatic rings. The summed E-state index contributed by atoms with van der Waals surface area (Å²) in [5.41, 5.74) is 15.8. The second-order valence-corrected chi connectivity index (χ2v) is 18.8. The summed E-state index contributed by atoms with van der Waals surface area (Å²) in [4.78, 5) is 23.5. The summed E-state index contributed by atoms with van der Waals surface area (Å²) in [6.45, 7) is 0. The van der Waals surface area contributed by atoms with Gasteiger partial charge in [0.05, 0.1) is 39.0 Å². The zero-order chi connectivity index (χ0) is 47.0. The van der Waals surface area contributed by atoms with Crippen LogP contribution >= 0.6 is 0 Å². The van der Waals surface area contributed by atoms with Crippen LogP contribution in [0.25, 0.3) is 133 Å². The molecule has 0 amide bonds. The Labute approximate surface area is 411 Å². The molecule has 0 saturated heterocycles. The summed E-state index contributed by atoms with van der Waals surface area (Å²) in [6, 6.07) is 68.1. The number of aromatic nitrogens is 5. The van der Waals surface area contributed by atoms with Gasteiger partial charge in [0, 0.05) is 66.7 Å². The first-order valence-corrected chi connectivity index (χ1v) is 24.4. The number of fused-ring (bicyclic) bond motifs is 14. The molecular formula is C64H38N6O2. The van der Waals surface area contributed by atoms with Crippen LogP contribution < -0.4 is 4.90 Å². The van der Waals surface area contributed by atoms with Crippen LogP contribution in [0.4, 0.5) is 17.3 Å². The maximum atomic E-state index is 6.80. The highest BCUT2D eigenvalue weighted by atomic mass is 16.3. The predicted molar refractivity (Wildman–Crippen MR) is 291 cm³/mol. The number of allylic oxidation sites excluding steroid dienone is 1. The van der Waals surface area contributed by atoms with Crippen molar-refractivity contribution in [3.05, 3.63) is 212 Å². The topological polar surface area (TPSA) is 86.0 Å². The van der Waals surface area contributed by atoms with E-state index >= 15 is 0 Å². The number of anilines is 3. The Balaban J connectivity index is 0.908. The van der Waals surface area contributed by atoms with E-state index in [9.17, 15) is 0 Å². The fraction of sp³-hybridized carbons (Fsp3) is 0.0312. The Kier molecular flexibility index (Phi) is 8.13. The van der Waals surface area contributed by atoms with Crippen molar-refractivity contribution in [1.82, 2.24) is 24.5 Å². The zero-order valence-electron chi connectivity index (χ0n) is 38.5. The van der Waals surface area contributed by atoms with E-state index in [1.165, 1.54) is 5.39 Å². The van der Waals surface area contributed by atoms with Gasteiger partial charge in [-0.3, -0.25) is 4.90 Å². The van der Waals surface area contributed by atoms with E-state index in [0.29, 0.717) is 17.6 Å². The maximum Gasteiger partial charge on any atom is 0.238 e. The molecule has 14 aromatic rings. The Morgan fingerprint density at radius 2 is 1.18 bits per heavy atom. The van der Waals surface area contributed by atoms with Crippen LogP contribution in [-0.2, 0) is 6.42 Å². The molecule has 0 N–H and O–H groups in total.